The molecule has 1 N–H and O–H groups in total. The molecule has 0 aliphatic rings. The molecule has 1 heterocycles. The predicted octanol–water partition coefficient (Wildman–Crippen LogP) is 4.34. The lowest BCUT2D eigenvalue weighted by atomic mass is 10.3. The Balaban J connectivity index is 2.04. The van der Waals surface area contributed by atoms with E-state index in [1.54, 1.807) is 11.8 Å². The Hall–Kier alpha value is -0.910. The van der Waals surface area contributed by atoms with Gasteiger partial charge in [-0.25, -0.2) is 9.97 Å². The van der Waals surface area contributed by atoms with Crippen molar-refractivity contribution in [3.05, 3.63) is 52.0 Å². The van der Waals surface area contributed by atoms with Crippen LogP contribution in [0.5, 0.6) is 0 Å². The Morgan fingerprint density at radius 2 is 2.00 bits per heavy atom. The fourth-order valence-electron chi connectivity index (χ4n) is 1.87. The van der Waals surface area contributed by atoms with Gasteiger partial charge in [-0.05, 0) is 41.1 Å². The van der Waals surface area contributed by atoms with Gasteiger partial charge in [-0.1, -0.05) is 26.0 Å². The Labute approximate surface area is 139 Å². The normalized spacial score (nSPS) is 11.1. The summed E-state index contributed by atoms with van der Waals surface area (Å²) in [6.07, 6.45) is 0. The fourth-order valence-corrected chi connectivity index (χ4v) is 3.29. The number of benzene rings is 1. The molecule has 0 saturated carbocycles. The number of hydrogen-bond acceptors (Lipinski definition) is 4. The van der Waals surface area contributed by atoms with Gasteiger partial charge >= 0.3 is 0 Å². The third-order valence-corrected chi connectivity index (χ3v) is 4.86. The van der Waals surface area contributed by atoms with Crippen LogP contribution in [0, 0.1) is 6.92 Å². The van der Waals surface area contributed by atoms with E-state index in [9.17, 15) is 0 Å². The summed E-state index contributed by atoms with van der Waals surface area (Å²) in [4.78, 5) is 10.4. The fraction of sp³-hybridized carbons (Fsp3) is 0.375. The van der Waals surface area contributed by atoms with Crippen molar-refractivity contribution in [2.24, 2.45) is 0 Å². The lowest BCUT2D eigenvalue weighted by Crippen LogP contribution is -2.22. The Morgan fingerprint density at radius 3 is 2.71 bits per heavy atom. The molecule has 0 aliphatic heterocycles. The van der Waals surface area contributed by atoms with Crippen LogP contribution in [0.1, 0.15) is 31.1 Å². The number of nitrogens with zero attached hydrogens (tertiary/aromatic N) is 2. The predicted molar refractivity (Wildman–Crippen MR) is 92.4 cm³/mol. The SMILES string of the molecule is Cc1cc(CNC(C)C)nc(CSc2ccccc2Br)n1. The van der Waals surface area contributed by atoms with Crippen LogP contribution in [0.25, 0.3) is 0 Å². The largest absolute Gasteiger partial charge is 0.309 e. The van der Waals surface area contributed by atoms with Gasteiger partial charge in [0.1, 0.15) is 5.82 Å². The summed E-state index contributed by atoms with van der Waals surface area (Å²) in [5.74, 6) is 1.66. The van der Waals surface area contributed by atoms with E-state index >= 15 is 0 Å². The van der Waals surface area contributed by atoms with Crippen molar-refractivity contribution < 1.29 is 0 Å². The maximum absolute atomic E-state index is 4.64. The van der Waals surface area contributed by atoms with Gasteiger partial charge in [-0.3, -0.25) is 0 Å². The van der Waals surface area contributed by atoms with E-state index in [0.29, 0.717) is 6.04 Å². The average Bonchev–Trinajstić information content (AvgIpc) is 2.44. The number of nitrogens with one attached hydrogen (secondary N) is 1. The van der Waals surface area contributed by atoms with E-state index in [1.807, 2.05) is 25.1 Å². The lowest BCUT2D eigenvalue weighted by Gasteiger charge is -2.10. The van der Waals surface area contributed by atoms with Crippen LogP contribution in [0.15, 0.2) is 39.7 Å². The number of aromatic nitrogens is 2. The zero-order chi connectivity index (χ0) is 15.2. The molecule has 1 aromatic heterocycles. The second-order valence-electron chi connectivity index (χ2n) is 5.17. The van der Waals surface area contributed by atoms with E-state index in [0.717, 1.165) is 34.0 Å². The summed E-state index contributed by atoms with van der Waals surface area (Å²) in [5, 5.41) is 3.39. The van der Waals surface area contributed by atoms with Crippen LogP contribution >= 0.6 is 27.7 Å². The van der Waals surface area contributed by atoms with E-state index < -0.39 is 0 Å². The first-order valence-electron chi connectivity index (χ1n) is 6.98. The molecule has 2 aromatic rings. The minimum Gasteiger partial charge on any atom is -0.309 e. The highest BCUT2D eigenvalue weighted by molar-refractivity contribution is 9.10. The van der Waals surface area contributed by atoms with Gasteiger partial charge in [0, 0.05) is 27.6 Å². The average molecular weight is 366 g/mol. The molecule has 0 fully saturated rings. The number of rotatable bonds is 6. The van der Waals surface area contributed by atoms with E-state index in [-0.39, 0.29) is 0 Å². The topological polar surface area (TPSA) is 37.8 Å². The van der Waals surface area contributed by atoms with Crippen molar-refractivity contribution in [1.29, 1.82) is 0 Å². The number of hydrogen-bond donors (Lipinski definition) is 1. The summed E-state index contributed by atoms with van der Waals surface area (Å²) >= 11 is 5.32. The molecule has 0 aliphatic carbocycles. The highest BCUT2D eigenvalue weighted by Crippen LogP contribution is 2.28. The summed E-state index contributed by atoms with van der Waals surface area (Å²) < 4.78 is 1.12. The first-order chi connectivity index (χ1) is 10.0. The summed E-state index contributed by atoms with van der Waals surface area (Å²) in [6, 6.07) is 10.7. The molecule has 2 rings (SSSR count). The molecule has 0 bridgehead atoms. The lowest BCUT2D eigenvalue weighted by molar-refractivity contribution is 0.579. The van der Waals surface area contributed by atoms with Crippen LogP contribution in [-0.2, 0) is 12.3 Å². The first kappa shape index (κ1) is 16.5. The van der Waals surface area contributed by atoms with E-state index in [4.69, 9.17) is 0 Å². The van der Waals surface area contributed by atoms with E-state index in [2.05, 4.69) is 57.2 Å². The second kappa shape index (κ2) is 7.92. The van der Waals surface area contributed by atoms with Crippen LogP contribution in [0.2, 0.25) is 0 Å². The van der Waals surface area contributed by atoms with Crippen molar-refractivity contribution in [1.82, 2.24) is 15.3 Å². The summed E-state index contributed by atoms with van der Waals surface area (Å²) in [6.45, 7) is 7.08. The van der Waals surface area contributed by atoms with Crippen LogP contribution in [0.4, 0.5) is 0 Å². The molecular formula is C16H20BrN3S. The molecule has 5 heteroatoms. The van der Waals surface area contributed by atoms with Crippen molar-refractivity contribution in [2.45, 2.75) is 44.0 Å². The quantitative estimate of drug-likeness (QED) is 0.772. The zero-order valence-electron chi connectivity index (χ0n) is 12.6. The summed E-state index contributed by atoms with van der Waals surface area (Å²) in [7, 11) is 0. The highest BCUT2D eigenvalue weighted by Gasteiger charge is 2.06. The van der Waals surface area contributed by atoms with Gasteiger partial charge in [0.05, 0.1) is 11.4 Å². The van der Waals surface area contributed by atoms with Gasteiger partial charge < -0.3 is 5.32 Å². The van der Waals surface area contributed by atoms with Gasteiger partial charge in [0.15, 0.2) is 0 Å². The van der Waals surface area contributed by atoms with Crippen molar-refractivity contribution >= 4 is 27.7 Å². The minimum atomic E-state index is 0.457. The van der Waals surface area contributed by atoms with Crippen molar-refractivity contribution in [3.8, 4) is 0 Å². The van der Waals surface area contributed by atoms with Gasteiger partial charge in [0.25, 0.3) is 0 Å². The third-order valence-electron chi connectivity index (χ3n) is 2.84. The monoisotopic (exact) mass is 365 g/mol. The number of halogens is 1. The molecule has 0 atom stereocenters. The smallest absolute Gasteiger partial charge is 0.139 e. The first-order valence-corrected chi connectivity index (χ1v) is 8.76. The third kappa shape index (κ3) is 5.41. The molecule has 1 aromatic carbocycles. The van der Waals surface area contributed by atoms with Crippen LogP contribution < -0.4 is 5.32 Å². The van der Waals surface area contributed by atoms with Gasteiger partial charge in [-0.2, -0.15) is 0 Å². The maximum atomic E-state index is 4.64. The van der Waals surface area contributed by atoms with Crippen LogP contribution in [0.3, 0.4) is 0 Å². The van der Waals surface area contributed by atoms with Crippen molar-refractivity contribution in [3.63, 3.8) is 0 Å². The van der Waals surface area contributed by atoms with Crippen LogP contribution in [-0.4, -0.2) is 16.0 Å². The molecule has 0 radical (unpaired) electrons. The molecule has 21 heavy (non-hydrogen) atoms. The molecule has 0 unspecified atom stereocenters. The van der Waals surface area contributed by atoms with Crippen molar-refractivity contribution in [2.75, 3.05) is 0 Å². The highest BCUT2D eigenvalue weighted by atomic mass is 79.9. The number of thioether (sulfide) groups is 1. The Bertz CT molecular complexity index is 602. The van der Waals surface area contributed by atoms with Gasteiger partial charge in [0.2, 0.25) is 0 Å². The zero-order valence-corrected chi connectivity index (χ0v) is 15.0. The minimum absolute atomic E-state index is 0.457. The molecular weight excluding hydrogens is 346 g/mol. The molecule has 3 nitrogen and oxygen atoms in total. The molecule has 0 saturated heterocycles. The standard InChI is InChI=1S/C16H20BrN3S/c1-11(2)18-9-13-8-12(3)19-16(20-13)10-21-15-7-5-4-6-14(15)17/h4-8,11,18H,9-10H2,1-3H3. The molecule has 112 valence electrons. The Morgan fingerprint density at radius 1 is 1.24 bits per heavy atom. The maximum Gasteiger partial charge on any atom is 0.139 e. The summed E-state index contributed by atoms with van der Waals surface area (Å²) in [5.41, 5.74) is 2.08. The van der Waals surface area contributed by atoms with Gasteiger partial charge in [-0.15, -0.1) is 11.8 Å². The van der Waals surface area contributed by atoms with E-state index in [1.165, 1.54) is 4.90 Å². The second-order valence-corrected chi connectivity index (χ2v) is 7.04. The number of aryl methyl sites for hydroxylation is 1. The molecule has 0 amide bonds. The molecule has 0 spiro atoms. The Kier molecular flexibility index (Phi) is 6.21.